The number of benzene rings is 1. The van der Waals surface area contributed by atoms with Crippen molar-refractivity contribution in [2.75, 3.05) is 32.8 Å². The molecule has 27 heavy (non-hydrogen) atoms. The van der Waals surface area contributed by atoms with Gasteiger partial charge in [0, 0.05) is 38.6 Å². The monoisotopic (exact) mass is 483 g/mol. The molecule has 1 saturated heterocycles. The van der Waals surface area contributed by atoms with Crippen LogP contribution in [0.2, 0.25) is 0 Å². The van der Waals surface area contributed by atoms with Crippen molar-refractivity contribution in [3.8, 4) is 0 Å². The van der Waals surface area contributed by atoms with Crippen molar-refractivity contribution in [1.29, 1.82) is 0 Å². The maximum atomic E-state index is 5.61. The van der Waals surface area contributed by atoms with E-state index in [4.69, 9.17) is 14.1 Å². The molecule has 1 atom stereocenters. The molecular formula is C21H30IN3O2. The molecule has 0 radical (unpaired) electrons. The molecule has 1 unspecified atom stereocenters. The van der Waals surface area contributed by atoms with Crippen LogP contribution in [0.15, 0.2) is 58.1 Å². The first kappa shape index (κ1) is 21.8. The molecular weight excluding hydrogens is 453 g/mol. The van der Waals surface area contributed by atoms with E-state index in [1.54, 1.807) is 6.26 Å². The molecule has 1 aromatic heterocycles. The van der Waals surface area contributed by atoms with Gasteiger partial charge in [0.2, 0.25) is 0 Å². The van der Waals surface area contributed by atoms with E-state index in [9.17, 15) is 0 Å². The largest absolute Gasteiger partial charge is 0.469 e. The average Bonchev–Trinajstić information content (AvgIpc) is 3.35. The lowest BCUT2D eigenvalue weighted by atomic mass is 10.1. The van der Waals surface area contributed by atoms with Gasteiger partial charge in [-0.25, -0.2) is 4.99 Å². The summed E-state index contributed by atoms with van der Waals surface area (Å²) in [4.78, 5) is 7.23. The molecule has 5 nitrogen and oxygen atoms in total. The van der Waals surface area contributed by atoms with Gasteiger partial charge < -0.3 is 19.4 Å². The summed E-state index contributed by atoms with van der Waals surface area (Å²) in [5, 5.41) is 3.52. The molecule has 1 N–H and O–H groups in total. The number of guanidine groups is 1. The molecule has 148 valence electrons. The zero-order valence-electron chi connectivity index (χ0n) is 16.0. The molecule has 6 heteroatoms. The van der Waals surface area contributed by atoms with Gasteiger partial charge in [-0.15, -0.1) is 24.0 Å². The molecule has 0 saturated carbocycles. The van der Waals surface area contributed by atoms with Gasteiger partial charge in [0.25, 0.3) is 0 Å². The van der Waals surface area contributed by atoms with Crippen LogP contribution in [0.3, 0.4) is 0 Å². The first-order valence-electron chi connectivity index (χ1n) is 9.52. The fourth-order valence-electron chi connectivity index (χ4n) is 3.22. The predicted octanol–water partition coefficient (Wildman–Crippen LogP) is 3.94. The third-order valence-corrected chi connectivity index (χ3v) is 4.63. The normalized spacial score (nSPS) is 17.0. The molecule has 1 aromatic carbocycles. The van der Waals surface area contributed by atoms with Crippen LogP contribution in [0.25, 0.3) is 0 Å². The van der Waals surface area contributed by atoms with Gasteiger partial charge in [0.15, 0.2) is 5.96 Å². The Bertz CT molecular complexity index is 661. The first-order valence-corrected chi connectivity index (χ1v) is 9.52. The molecule has 0 amide bonds. The first-order chi connectivity index (χ1) is 12.8. The quantitative estimate of drug-likeness (QED) is 0.351. The molecule has 0 bridgehead atoms. The zero-order chi connectivity index (χ0) is 18.0. The van der Waals surface area contributed by atoms with E-state index in [2.05, 4.69) is 41.4 Å². The second-order valence-electron chi connectivity index (χ2n) is 6.64. The predicted molar refractivity (Wildman–Crippen MR) is 120 cm³/mol. The van der Waals surface area contributed by atoms with Gasteiger partial charge in [-0.2, -0.15) is 0 Å². The van der Waals surface area contributed by atoms with E-state index in [1.165, 1.54) is 5.56 Å². The highest BCUT2D eigenvalue weighted by Gasteiger charge is 2.25. The van der Waals surface area contributed by atoms with Crippen molar-refractivity contribution in [1.82, 2.24) is 10.2 Å². The average molecular weight is 483 g/mol. The van der Waals surface area contributed by atoms with E-state index < -0.39 is 0 Å². The summed E-state index contributed by atoms with van der Waals surface area (Å²) in [6, 6.07) is 14.3. The lowest BCUT2D eigenvalue weighted by Crippen LogP contribution is -2.41. The van der Waals surface area contributed by atoms with Crippen molar-refractivity contribution in [3.63, 3.8) is 0 Å². The molecule has 2 aromatic rings. The molecule has 1 aliphatic rings. The number of nitrogens with zero attached hydrogens (tertiary/aromatic N) is 2. The number of halogens is 1. The van der Waals surface area contributed by atoms with Crippen LogP contribution in [0, 0.1) is 5.92 Å². The second-order valence-corrected chi connectivity index (χ2v) is 6.64. The molecule has 0 aliphatic carbocycles. The highest BCUT2D eigenvalue weighted by molar-refractivity contribution is 14.0. The van der Waals surface area contributed by atoms with E-state index in [1.807, 2.05) is 18.2 Å². The maximum absolute atomic E-state index is 5.61. The van der Waals surface area contributed by atoms with Crippen molar-refractivity contribution in [2.45, 2.75) is 26.3 Å². The van der Waals surface area contributed by atoms with E-state index in [0.717, 1.165) is 57.4 Å². The van der Waals surface area contributed by atoms with Crippen molar-refractivity contribution >= 4 is 29.9 Å². The van der Waals surface area contributed by atoms with Crippen LogP contribution < -0.4 is 5.32 Å². The number of aliphatic imine (C=N–C) groups is 1. The SMILES string of the molecule is CCOCC1CCN(C(=NCc2ccccc2)NCCc2ccco2)C1.I. The van der Waals surface area contributed by atoms with Crippen molar-refractivity contribution in [3.05, 3.63) is 60.1 Å². The van der Waals surface area contributed by atoms with Gasteiger partial charge in [-0.3, -0.25) is 0 Å². The Morgan fingerprint density at radius 3 is 2.85 bits per heavy atom. The highest BCUT2D eigenvalue weighted by atomic mass is 127. The van der Waals surface area contributed by atoms with Gasteiger partial charge in [0.1, 0.15) is 5.76 Å². The van der Waals surface area contributed by atoms with E-state index in [0.29, 0.717) is 12.5 Å². The Labute approximate surface area is 179 Å². The molecule has 1 aliphatic heterocycles. The summed E-state index contributed by atoms with van der Waals surface area (Å²) in [5.74, 6) is 2.57. The number of likely N-dealkylation sites (tertiary alicyclic amines) is 1. The van der Waals surface area contributed by atoms with Gasteiger partial charge in [-0.1, -0.05) is 30.3 Å². The Morgan fingerprint density at radius 2 is 2.11 bits per heavy atom. The number of hydrogen-bond acceptors (Lipinski definition) is 3. The van der Waals surface area contributed by atoms with Gasteiger partial charge in [-0.05, 0) is 31.0 Å². The van der Waals surface area contributed by atoms with E-state index in [-0.39, 0.29) is 24.0 Å². The minimum Gasteiger partial charge on any atom is -0.469 e. The van der Waals surface area contributed by atoms with Crippen molar-refractivity contribution < 1.29 is 9.15 Å². The fourth-order valence-corrected chi connectivity index (χ4v) is 3.22. The summed E-state index contributed by atoms with van der Waals surface area (Å²) in [7, 11) is 0. The number of ether oxygens (including phenoxy) is 1. The zero-order valence-corrected chi connectivity index (χ0v) is 18.3. The number of nitrogens with one attached hydrogen (secondary N) is 1. The number of rotatable bonds is 8. The van der Waals surface area contributed by atoms with Crippen LogP contribution in [0.1, 0.15) is 24.7 Å². The van der Waals surface area contributed by atoms with Crippen LogP contribution in [-0.2, 0) is 17.7 Å². The number of hydrogen-bond donors (Lipinski definition) is 1. The Morgan fingerprint density at radius 1 is 1.26 bits per heavy atom. The van der Waals surface area contributed by atoms with Gasteiger partial charge in [0.05, 0.1) is 19.4 Å². The smallest absolute Gasteiger partial charge is 0.194 e. The Hall–Kier alpha value is -1.54. The third kappa shape index (κ3) is 7.18. The fraction of sp³-hybridized carbons (Fsp3) is 0.476. The molecule has 1 fully saturated rings. The van der Waals surface area contributed by atoms with Crippen molar-refractivity contribution in [2.24, 2.45) is 10.9 Å². The van der Waals surface area contributed by atoms with Gasteiger partial charge >= 0.3 is 0 Å². The molecule has 0 spiro atoms. The summed E-state index contributed by atoms with van der Waals surface area (Å²) in [6.07, 6.45) is 3.73. The van der Waals surface area contributed by atoms with Crippen LogP contribution in [0.4, 0.5) is 0 Å². The highest BCUT2D eigenvalue weighted by Crippen LogP contribution is 2.17. The minimum absolute atomic E-state index is 0. The molecule has 3 rings (SSSR count). The standard InChI is InChI=1S/C21H29N3O2.HI/c1-2-25-17-19-11-13-24(16-19)21(22-12-10-20-9-6-14-26-20)23-15-18-7-4-3-5-8-18;/h3-9,14,19H,2,10-13,15-17H2,1H3,(H,22,23);1H. The lowest BCUT2D eigenvalue weighted by molar-refractivity contribution is 0.114. The molecule has 2 heterocycles. The van der Waals surface area contributed by atoms with Crippen LogP contribution in [0.5, 0.6) is 0 Å². The lowest BCUT2D eigenvalue weighted by Gasteiger charge is -2.22. The third-order valence-electron chi connectivity index (χ3n) is 4.63. The number of furan rings is 1. The Balaban J connectivity index is 0.00000261. The minimum atomic E-state index is 0. The Kier molecular flexibility index (Phi) is 9.69. The van der Waals surface area contributed by atoms with Crippen LogP contribution >= 0.6 is 24.0 Å². The van der Waals surface area contributed by atoms with E-state index >= 15 is 0 Å². The second kappa shape index (κ2) is 12.0. The topological polar surface area (TPSA) is 50.0 Å². The summed E-state index contributed by atoms with van der Waals surface area (Å²) >= 11 is 0. The summed E-state index contributed by atoms with van der Waals surface area (Å²) in [6.45, 7) is 7.21. The maximum Gasteiger partial charge on any atom is 0.194 e. The summed E-state index contributed by atoms with van der Waals surface area (Å²) < 4.78 is 11.0. The van der Waals surface area contributed by atoms with Crippen LogP contribution in [-0.4, -0.2) is 43.7 Å². The summed E-state index contributed by atoms with van der Waals surface area (Å²) in [5.41, 5.74) is 1.22.